The number of pyridine rings is 1. The van der Waals surface area contributed by atoms with Gasteiger partial charge in [0.15, 0.2) is 0 Å². The Balaban J connectivity index is 1.27. The molecule has 0 spiro atoms. The Morgan fingerprint density at radius 1 is 1.00 bits per heavy atom. The van der Waals surface area contributed by atoms with Crippen molar-refractivity contribution in [2.45, 2.75) is 31.5 Å². The predicted molar refractivity (Wildman–Crippen MR) is 130 cm³/mol. The van der Waals surface area contributed by atoms with E-state index in [4.69, 9.17) is 5.73 Å². The number of para-hydroxylation sites is 1. The van der Waals surface area contributed by atoms with Gasteiger partial charge < -0.3 is 20.9 Å². The molecule has 0 atom stereocenters. The van der Waals surface area contributed by atoms with Crippen LogP contribution in [0.4, 0.5) is 35.0 Å². The lowest BCUT2D eigenvalue weighted by Crippen LogP contribution is -2.48. The molecule has 2 amide bonds. The average molecular weight is 482 g/mol. The van der Waals surface area contributed by atoms with Gasteiger partial charge in [-0.2, -0.15) is 13.2 Å². The third kappa shape index (κ3) is 4.76. The normalized spacial score (nSPS) is 17.1. The monoisotopic (exact) mass is 481 g/mol. The van der Waals surface area contributed by atoms with E-state index >= 15 is 0 Å². The number of nitrogens with one attached hydrogen (secondary N) is 1. The molecule has 2 aliphatic heterocycles. The van der Waals surface area contributed by atoms with Crippen LogP contribution in [0.2, 0.25) is 0 Å². The largest absolute Gasteiger partial charge is 0.433 e. The Morgan fingerprint density at radius 3 is 2.49 bits per heavy atom. The summed E-state index contributed by atoms with van der Waals surface area (Å²) >= 11 is 0. The van der Waals surface area contributed by atoms with Gasteiger partial charge in [-0.3, -0.25) is 4.98 Å². The number of amides is 2. The van der Waals surface area contributed by atoms with Gasteiger partial charge in [-0.1, -0.05) is 24.3 Å². The van der Waals surface area contributed by atoms with Crippen molar-refractivity contribution in [3.8, 4) is 11.1 Å². The highest BCUT2D eigenvalue weighted by molar-refractivity contribution is 5.91. The fourth-order valence-corrected chi connectivity index (χ4v) is 4.89. The van der Waals surface area contributed by atoms with Crippen LogP contribution in [-0.2, 0) is 12.6 Å². The number of nitrogen functional groups attached to an aromatic ring is 1. The molecule has 0 saturated carbocycles. The molecular weight excluding hydrogens is 455 g/mol. The molecule has 3 heterocycles. The van der Waals surface area contributed by atoms with Gasteiger partial charge in [-0.25, -0.2) is 4.79 Å². The van der Waals surface area contributed by atoms with Gasteiger partial charge in [0, 0.05) is 60.1 Å². The number of benzene rings is 2. The third-order valence-electron chi connectivity index (χ3n) is 6.81. The van der Waals surface area contributed by atoms with Crippen molar-refractivity contribution in [2.75, 3.05) is 35.6 Å². The van der Waals surface area contributed by atoms with Crippen LogP contribution in [0, 0.1) is 0 Å². The summed E-state index contributed by atoms with van der Waals surface area (Å²) in [7, 11) is 0. The molecule has 0 radical (unpaired) electrons. The van der Waals surface area contributed by atoms with Crippen molar-refractivity contribution in [2.24, 2.45) is 0 Å². The van der Waals surface area contributed by atoms with Crippen molar-refractivity contribution < 1.29 is 18.0 Å². The van der Waals surface area contributed by atoms with E-state index in [0.717, 1.165) is 55.4 Å². The molecule has 1 fully saturated rings. The standard InChI is InChI=1S/C26H26F3N5O/c27-26(28,29)24-8-5-18(16-31-24)21-15-20(6-7-22(21)30)33-12-10-19(11-13-33)34-14-9-17-3-1-2-4-23(17)32-25(34)35/h1-8,15-16,19H,9-14,30H2,(H,32,35). The van der Waals surface area contributed by atoms with E-state index in [1.54, 1.807) is 6.07 Å². The Morgan fingerprint density at radius 2 is 1.77 bits per heavy atom. The maximum absolute atomic E-state index is 12.9. The maximum atomic E-state index is 12.9. The van der Waals surface area contributed by atoms with E-state index in [0.29, 0.717) is 23.4 Å². The molecule has 3 N–H and O–H groups in total. The maximum Gasteiger partial charge on any atom is 0.433 e. The number of fused-ring (bicyclic) bond motifs is 1. The van der Waals surface area contributed by atoms with Crippen LogP contribution in [0.25, 0.3) is 11.1 Å². The quantitative estimate of drug-likeness (QED) is 0.491. The van der Waals surface area contributed by atoms with Crippen molar-refractivity contribution in [3.05, 3.63) is 72.1 Å². The number of rotatable bonds is 3. The van der Waals surface area contributed by atoms with Crippen molar-refractivity contribution in [3.63, 3.8) is 0 Å². The number of anilines is 3. The first-order chi connectivity index (χ1) is 16.8. The molecule has 0 aliphatic carbocycles. The van der Waals surface area contributed by atoms with Crippen LogP contribution >= 0.6 is 0 Å². The zero-order chi connectivity index (χ0) is 24.6. The van der Waals surface area contributed by atoms with E-state index in [1.165, 1.54) is 12.3 Å². The van der Waals surface area contributed by atoms with Crippen molar-refractivity contribution >= 4 is 23.1 Å². The van der Waals surface area contributed by atoms with Crippen LogP contribution in [0.1, 0.15) is 24.1 Å². The fourth-order valence-electron chi connectivity index (χ4n) is 4.89. The molecule has 3 aromatic rings. The van der Waals surface area contributed by atoms with Crippen LogP contribution in [0.15, 0.2) is 60.8 Å². The second-order valence-corrected chi connectivity index (χ2v) is 8.95. The lowest BCUT2D eigenvalue weighted by atomic mass is 10.00. The summed E-state index contributed by atoms with van der Waals surface area (Å²) in [4.78, 5) is 20.6. The smallest absolute Gasteiger partial charge is 0.398 e. The third-order valence-corrected chi connectivity index (χ3v) is 6.81. The van der Waals surface area contributed by atoms with Gasteiger partial charge in [-0.05, 0) is 55.2 Å². The molecule has 5 rings (SSSR count). The number of carbonyl (C=O) groups is 1. The van der Waals surface area contributed by atoms with E-state index < -0.39 is 11.9 Å². The second-order valence-electron chi connectivity index (χ2n) is 8.95. The number of alkyl halides is 3. The summed E-state index contributed by atoms with van der Waals surface area (Å²) in [6, 6.07) is 15.9. The highest BCUT2D eigenvalue weighted by atomic mass is 19.4. The van der Waals surface area contributed by atoms with Crippen LogP contribution < -0.4 is 16.0 Å². The summed E-state index contributed by atoms with van der Waals surface area (Å²) < 4.78 is 38.6. The number of hydrogen-bond donors (Lipinski definition) is 2. The van der Waals surface area contributed by atoms with Gasteiger partial charge in [0.2, 0.25) is 0 Å². The summed E-state index contributed by atoms with van der Waals surface area (Å²) in [6.45, 7) is 2.20. The Labute approximate surface area is 201 Å². The first-order valence-electron chi connectivity index (χ1n) is 11.6. The lowest BCUT2D eigenvalue weighted by Gasteiger charge is -2.39. The molecular formula is C26H26F3N5O. The molecule has 6 nitrogen and oxygen atoms in total. The zero-order valence-corrected chi connectivity index (χ0v) is 19.1. The number of nitrogens with two attached hydrogens (primary N) is 1. The lowest BCUT2D eigenvalue weighted by molar-refractivity contribution is -0.141. The summed E-state index contributed by atoms with van der Waals surface area (Å²) in [6.07, 6.45) is -0.807. The molecule has 0 unspecified atom stereocenters. The van der Waals surface area contributed by atoms with Gasteiger partial charge in [-0.15, -0.1) is 0 Å². The topological polar surface area (TPSA) is 74.5 Å². The minimum absolute atomic E-state index is 0.0574. The number of aromatic nitrogens is 1. The number of piperidine rings is 1. The molecule has 1 aromatic heterocycles. The fraction of sp³-hybridized carbons (Fsp3) is 0.308. The van der Waals surface area contributed by atoms with Gasteiger partial charge in [0.05, 0.1) is 0 Å². The molecule has 182 valence electrons. The van der Waals surface area contributed by atoms with E-state index in [9.17, 15) is 18.0 Å². The first-order valence-corrected chi connectivity index (χ1v) is 11.6. The highest BCUT2D eigenvalue weighted by Gasteiger charge is 2.32. The summed E-state index contributed by atoms with van der Waals surface area (Å²) in [5, 5.41) is 3.04. The van der Waals surface area contributed by atoms with Crippen molar-refractivity contribution in [1.29, 1.82) is 0 Å². The zero-order valence-electron chi connectivity index (χ0n) is 19.1. The number of urea groups is 1. The van der Waals surface area contributed by atoms with Crippen molar-refractivity contribution in [1.82, 2.24) is 9.88 Å². The number of hydrogen-bond acceptors (Lipinski definition) is 4. The molecule has 2 aromatic carbocycles. The molecule has 2 aliphatic rings. The Bertz CT molecular complexity index is 1220. The minimum atomic E-state index is -4.48. The highest BCUT2D eigenvalue weighted by Crippen LogP contribution is 2.34. The van der Waals surface area contributed by atoms with E-state index in [1.807, 2.05) is 41.3 Å². The molecule has 9 heteroatoms. The van der Waals surface area contributed by atoms with Gasteiger partial charge in [0.25, 0.3) is 0 Å². The van der Waals surface area contributed by atoms with Crippen LogP contribution in [0.5, 0.6) is 0 Å². The molecule has 1 saturated heterocycles. The Kier molecular flexibility index (Phi) is 6.00. The SMILES string of the molecule is Nc1ccc(N2CCC(N3CCc4ccccc4NC3=O)CC2)cc1-c1ccc(C(F)(F)F)nc1. The number of nitrogens with zero attached hydrogens (tertiary/aromatic N) is 3. The summed E-state index contributed by atoms with van der Waals surface area (Å²) in [5.74, 6) is 0. The van der Waals surface area contributed by atoms with Gasteiger partial charge in [0.1, 0.15) is 5.69 Å². The number of halogens is 3. The second kappa shape index (κ2) is 9.13. The minimum Gasteiger partial charge on any atom is -0.398 e. The van der Waals surface area contributed by atoms with E-state index in [2.05, 4.69) is 15.2 Å². The molecule has 35 heavy (non-hydrogen) atoms. The first kappa shape index (κ1) is 23.0. The van der Waals surface area contributed by atoms with Gasteiger partial charge >= 0.3 is 12.2 Å². The average Bonchev–Trinajstić information content (AvgIpc) is 3.02. The number of carbonyl (C=O) groups excluding carboxylic acids is 1. The van der Waals surface area contributed by atoms with Crippen LogP contribution in [-0.4, -0.2) is 41.6 Å². The van der Waals surface area contributed by atoms with Crippen LogP contribution in [0.3, 0.4) is 0 Å². The molecule has 0 bridgehead atoms. The predicted octanol–water partition coefficient (Wildman–Crippen LogP) is 5.41. The van der Waals surface area contributed by atoms with E-state index in [-0.39, 0.29) is 12.1 Å². The Hall–Kier alpha value is -3.75. The summed E-state index contributed by atoms with van der Waals surface area (Å²) in [5.41, 5.74) is 9.84.